The van der Waals surface area contributed by atoms with Gasteiger partial charge in [-0.25, -0.2) is 0 Å². The lowest BCUT2D eigenvalue weighted by molar-refractivity contribution is -0.0512. The molecule has 92 valence electrons. The smallest absolute Gasteiger partial charge is 0.0799 e. The van der Waals surface area contributed by atoms with E-state index in [4.69, 9.17) is 10.2 Å². The third-order valence-electron chi connectivity index (χ3n) is 2.92. The van der Waals surface area contributed by atoms with Crippen LogP contribution in [0.2, 0.25) is 0 Å². The van der Waals surface area contributed by atoms with Crippen molar-refractivity contribution < 1.29 is 20.4 Å². The quantitative estimate of drug-likeness (QED) is 0.513. The zero-order valence-corrected chi connectivity index (χ0v) is 10.0. The second-order valence-electron chi connectivity index (χ2n) is 5.11. The van der Waals surface area contributed by atoms with Gasteiger partial charge in [-0.05, 0) is 19.3 Å². The van der Waals surface area contributed by atoms with E-state index in [1.807, 2.05) is 0 Å². The molecule has 0 aromatic carbocycles. The SMILES string of the molecule is CC(O)C(O)CC(C)C(O)C(C)(C)CO. The first kappa shape index (κ1) is 14.8. The molecule has 4 N–H and O–H groups in total. The second-order valence-corrected chi connectivity index (χ2v) is 5.11. The van der Waals surface area contributed by atoms with Gasteiger partial charge in [0.1, 0.15) is 0 Å². The van der Waals surface area contributed by atoms with Crippen LogP contribution in [0.5, 0.6) is 0 Å². The summed E-state index contributed by atoms with van der Waals surface area (Å²) in [6.45, 7) is 6.74. The van der Waals surface area contributed by atoms with Gasteiger partial charge >= 0.3 is 0 Å². The minimum atomic E-state index is -0.829. The first-order chi connectivity index (χ1) is 6.72. The van der Waals surface area contributed by atoms with Gasteiger partial charge in [0.25, 0.3) is 0 Å². The molecule has 0 bridgehead atoms. The summed E-state index contributed by atoms with van der Waals surface area (Å²) in [5.41, 5.74) is -0.585. The summed E-state index contributed by atoms with van der Waals surface area (Å²) in [7, 11) is 0. The molecule has 4 heteroatoms. The van der Waals surface area contributed by atoms with E-state index in [1.165, 1.54) is 6.92 Å². The Morgan fingerprint density at radius 1 is 1.07 bits per heavy atom. The van der Waals surface area contributed by atoms with Crippen molar-refractivity contribution in [2.24, 2.45) is 11.3 Å². The molecule has 4 atom stereocenters. The van der Waals surface area contributed by atoms with Crippen molar-refractivity contribution in [2.45, 2.75) is 52.4 Å². The average molecular weight is 220 g/mol. The fraction of sp³-hybridized carbons (Fsp3) is 1.00. The highest BCUT2D eigenvalue weighted by molar-refractivity contribution is 4.82. The predicted octanol–water partition coefficient (Wildman–Crippen LogP) is 0.134. The van der Waals surface area contributed by atoms with Gasteiger partial charge in [-0.2, -0.15) is 0 Å². The first-order valence-corrected chi connectivity index (χ1v) is 5.37. The van der Waals surface area contributed by atoms with E-state index in [0.29, 0.717) is 6.42 Å². The largest absolute Gasteiger partial charge is 0.396 e. The maximum absolute atomic E-state index is 9.92. The van der Waals surface area contributed by atoms with Crippen LogP contribution in [0.1, 0.15) is 34.1 Å². The van der Waals surface area contributed by atoms with Crippen LogP contribution in [0.4, 0.5) is 0 Å². The number of hydrogen-bond acceptors (Lipinski definition) is 4. The van der Waals surface area contributed by atoms with Crippen molar-refractivity contribution in [1.82, 2.24) is 0 Å². The number of rotatable bonds is 6. The molecule has 4 unspecified atom stereocenters. The van der Waals surface area contributed by atoms with Gasteiger partial charge in [-0.15, -0.1) is 0 Å². The zero-order valence-electron chi connectivity index (χ0n) is 10.0. The Morgan fingerprint density at radius 3 is 1.87 bits per heavy atom. The topological polar surface area (TPSA) is 80.9 Å². The van der Waals surface area contributed by atoms with E-state index in [2.05, 4.69) is 0 Å². The van der Waals surface area contributed by atoms with Crippen molar-refractivity contribution in [3.05, 3.63) is 0 Å². The summed E-state index contributed by atoms with van der Waals surface area (Å²) in [6.07, 6.45) is -2.00. The fourth-order valence-corrected chi connectivity index (χ4v) is 1.57. The van der Waals surface area contributed by atoms with E-state index in [9.17, 15) is 10.2 Å². The molecule has 4 nitrogen and oxygen atoms in total. The van der Waals surface area contributed by atoms with Crippen LogP contribution < -0.4 is 0 Å². The summed E-state index contributed by atoms with van der Waals surface area (Å²) in [5, 5.41) is 37.6. The van der Waals surface area contributed by atoms with Crippen LogP contribution in [-0.4, -0.2) is 45.3 Å². The van der Waals surface area contributed by atoms with Gasteiger partial charge in [-0.1, -0.05) is 20.8 Å². The Kier molecular flexibility index (Phi) is 5.73. The highest BCUT2D eigenvalue weighted by Crippen LogP contribution is 2.28. The maximum atomic E-state index is 9.92. The van der Waals surface area contributed by atoms with Crippen LogP contribution in [-0.2, 0) is 0 Å². The van der Waals surface area contributed by atoms with E-state index < -0.39 is 23.7 Å². The second kappa shape index (κ2) is 5.80. The predicted molar refractivity (Wildman–Crippen MR) is 58.3 cm³/mol. The fourth-order valence-electron chi connectivity index (χ4n) is 1.57. The molecule has 0 spiro atoms. The minimum absolute atomic E-state index is 0.108. The first-order valence-electron chi connectivity index (χ1n) is 5.37. The number of hydrogen-bond donors (Lipinski definition) is 4. The van der Waals surface area contributed by atoms with Crippen LogP contribution in [0, 0.1) is 11.3 Å². The molecule has 0 fully saturated rings. The van der Waals surface area contributed by atoms with E-state index in [1.54, 1.807) is 20.8 Å². The molecular formula is C11H24O4. The Bertz CT molecular complexity index is 179. The Hall–Kier alpha value is -0.160. The third kappa shape index (κ3) is 4.47. The van der Waals surface area contributed by atoms with Crippen LogP contribution in [0.3, 0.4) is 0 Å². The minimum Gasteiger partial charge on any atom is -0.396 e. The number of aliphatic hydroxyl groups excluding tert-OH is 4. The molecule has 0 amide bonds. The molecule has 0 aliphatic heterocycles. The van der Waals surface area contributed by atoms with Crippen LogP contribution >= 0.6 is 0 Å². The Morgan fingerprint density at radius 2 is 1.53 bits per heavy atom. The summed E-state index contributed by atoms with van der Waals surface area (Å²) in [4.78, 5) is 0. The lowest BCUT2D eigenvalue weighted by atomic mass is 9.78. The molecular weight excluding hydrogens is 196 g/mol. The van der Waals surface area contributed by atoms with Gasteiger partial charge < -0.3 is 20.4 Å². The molecule has 15 heavy (non-hydrogen) atoms. The Labute approximate surface area is 91.6 Å². The molecule has 0 radical (unpaired) electrons. The summed E-state index contributed by atoms with van der Waals surface area (Å²) < 4.78 is 0. The van der Waals surface area contributed by atoms with Gasteiger partial charge in [0.15, 0.2) is 0 Å². The Balaban J connectivity index is 4.27. The monoisotopic (exact) mass is 220 g/mol. The molecule has 0 saturated carbocycles. The maximum Gasteiger partial charge on any atom is 0.0799 e. The van der Waals surface area contributed by atoms with Gasteiger partial charge in [0.2, 0.25) is 0 Å². The standard InChI is InChI=1S/C11H24O4/c1-7(5-9(14)8(2)13)10(15)11(3,4)6-12/h7-10,12-15H,5-6H2,1-4H3. The zero-order chi connectivity index (χ0) is 12.2. The van der Waals surface area contributed by atoms with Gasteiger partial charge in [0, 0.05) is 5.41 Å². The molecule has 0 rings (SSSR count). The molecule has 0 saturated heterocycles. The van der Waals surface area contributed by atoms with E-state index in [0.717, 1.165) is 0 Å². The van der Waals surface area contributed by atoms with E-state index >= 15 is 0 Å². The summed E-state index contributed by atoms with van der Waals surface area (Å²) >= 11 is 0. The van der Waals surface area contributed by atoms with Crippen molar-refractivity contribution >= 4 is 0 Å². The third-order valence-corrected chi connectivity index (χ3v) is 2.92. The number of aliphatic hydroxyl groups is 4. The normalized spacial score (nSPS) is 20.8. The lowest BCUT2D eigenvalue weighted by Crippen LogP contribution is -2.40. The van der Waals surface area contributed by atoms with Crippen LogP contribution in [0.25, 0.3) is 0 Å². The highest BCUT2D eigenvalue weighted by atomic mass is 16.3. The summed E-state index contributed by atoms with van der Waals surface area (Å²) in [5.74, 6) is -0.170. The van der Waals surface area contributed by atoms with Crippen molar-refractivity contribution in [1.29, 1.82) is 0 Å². The van der Waals surface area contributed by atoms with Gasteiger partial charge in [0.05, 0.1) is 24.9 Å². The summed E-state index contributed by atoms with van der Waals surface area (Å²) in [6, 6.07) is 0. The molecule has 0 aliphatic rings. The molecule has 0 aromatic rings. The molecule has 0 aliphatic carbocycles. The van der Waals surface area contributed by atoms with Gasteiger partial charge in [-0.3, -0.25) is 0 Å². The van der Waals surface area contributed by atoms with Crippen LogP contribution in [0.15, 0.2) is 0 Å². The molecule has 0 heterocycles. The lowest BCUT2D eigenvalue weighted by Gasteiger charge is -2.34. The van der Waals surface area contributed by atoms with Crippen molar-refractivity contribution in [3.8, 4) is 0 Å². The molecule has 0 aromatic heterocycles. The van der Waals surface area contributed by atoms with E-state index in [-0.39, 0.29) is 12.5 Å². The van der Waals surface area contributed by atoms with Crippen molar-refractivity contribution in [2.75, 3.05) is 6.61 Å². The highest BCUT2D eigenvalue weighted by Gasteiger charge is 2.32. The van der Waals surface area contributed by atoms with Crippen molar-refractivity contribution in [3.63, 3.8) is 0 Å². The average Bonchev–Trinajstić information content (AvgIpc) is 2.16.